The molecule has 2 aliphatic carbocycles. The molecule has 2 aliphatic rings. The van der Waals surface area contributed by atoms with Crippen molar-refractivity contribution >= 4 is 11.8 Å². The number of amides is 2. The van der Waals surface area contributed by atoms with Crippen LogP contribution in [0.1, 0.15) is 46.9 Å². The second kappa shape index (κ2) is 6.93. The lowest BCUT2D eigenvalue weighted by Gasteiger charge is -2.30. The average molecular weight is 330 g/mol. The first-order chi connectivity index (χ1) is 11.5. The summed E-state index contributed by atoms with van der Waals surface area (Å²) < 4.78 is 0. The van der Waals surface area contributed by atoms with Crippen LogP contribution in [0, 0.1) is 17.8 Å². The lowest BCUT2D eigenvalue weighted by Crippen LogP contribution is -2.45. The van der Waals surface area contributed by atoms with Gasteiger partial charge in [-0.2, -0.15) is 0 Å². The minimum Gasteiger partial charge on any atom is -0.396 e. The largest absolute Gasteiger partial charge is 0.396 e. The molecule has 1 aromatic carbocycles. The van der Waals surface area contributed by atoms with E-state index in [0.717, 1.165) is 19.3 Å². The molecule has 0 radical (unpaired) electrons. The van der Waals surface area contributed by atoms with E-state index >= 15 is 0 Å². The van der Waals surface area contributed by atoms with Crippen LogP contribution in [0.3, 0.4) is 0 Å². The van der Waals surface area contributed by atoms with Gasteiger partial charge in [-0.1, -0.05) is 6.07 Å². The van der Waals surface area contributed by atoms with Crippen molar-refractivity contribution in [2.24, 2.45) is 17.8 Å². The normalized spacial score (nSPS) is 28.0. The smallest absolute Gasteiger partial charge is 0.253 e. The summed E-state index contributed by atoms with van der Waals surface area (Å²) in [6.45, 7) is 2.67. The number of aliphatic hydroxyl groups is 1. The van der Waals surface area contributed by atoms with E-state index in [-0.39, 0.29) is 30.4 Å². The van der Waals surface area contributed by atoms with E-state index in [0.29, 0.717) is 29.5 Å². The summed E-state index contributed by atoms with van der Waals surface area (Å²) in [7, 11) is 1.75. The van der Waals surface area contributed by atoms with Crippen molar-refractivity contribution in [3.63, 3.8) is 0 Å². The second-order valence-corrected chi connectivity index (χ2v) is 7.08. The third kappa shape index (κ3) is 3.05. The van der Waals surface area contributed by atoms with Crippen molar-refractivity contribution in [1.82, 2.24) is 10.2 Å². The van der Waals surface area contributed by atoms with Crippen molar-refractivity contribution in [2.45, 2.75) is 32.2 Å². The van der Waals surface area contributed by atoms with Crippen LogP contribution in [0.25, 0.3) is 0 Å². The molecule has 0 saturated heterocycles. The maximum Gasteiger partial charge on any atom is 0.253 e. The Morgan fingerprint density at radius 3 is 2.67 bits per heavy atom. The minimum atomic E-state index is -0.153. The highest BCUT2D eigenvalue weighted by Gasteiger charge is 2.47. The first-order valence-corrected chi connectivity index (χ1v) is 8.82. The monoisotopic (exact) mass is 330 g/mol. The molecule has 2 amide bonds. The molecule has 4 unspecified atom stereocenters. The molecule has 0 aliphatic heterocycles. The first-order valence-electron chi connectivity index (χ1n) is 8.82. The summed E-state index contributed by atoms with van der Waals surface area (Å²) in [6.07, 6.45) is 3.40. The summed E-state index contributed by atoms with van der Waals surface area (Å²) in [6, 6.07) is 6.93. The molecule has 2 N–H and O–H groups in total. The fraction of sp³-hybridized carbons (Fsp3) is 0.579. The van der Waals surface area contributed by atoms with Gasteiger partial charge in [0.2, 0.25) is 0 Å². The third-order valence-electron chi connectivity index (χ3n) is 5.79. The highest BCUT2D eigenvalue weighted by atomic mass is 16.3. The Labute approximate surface area is 143 Å². The number of rotatable bonds is 5. The SMILES string of the molecule is CCN(C)C(=O)c1cccc(C(=O)NC2C3CCC(C3)C2CO)c1. The van der Waals surface area contributed by atoms with E-state index in [2.05, 4.69) is 5.32 Å². The maximum absolute atomic E-state index is 12.6. The Morgan fingerprint density at radius 2 is 1.96 bits per heavy atom. The number of benzene rings is 1. The molecule has 4 atom stereocenters. The standard InChI is InChI=1S/C19H26N2O3/c1-3-21(2)19(24)15-6-4-5-14(10-15)18(23)20-17-13-8-7-12(9-13)16(17)11-22/h4-6,10,12-13,16-17,22H,3,7-9,11H2,1-2H3,(H,20,23). The number of nitrogens with one attached hydrogen (secondary N) is 1. The molecule has 2 bridgehead atoms. The van der Waals surface area contributed by atoms with Gasteiger partial charge in [0.05, 0.1) is 0 Å². The maximum atomic E-state index is 12.6. The summed E-state index contributed by atoms with van der Waals surface area (Å²) in [5, 5.41) is 12.8. The molecule has 24 heavy (non-hydrogen) atoms. The quantitative estimate of drug-likeness (QED) is 0.866. The van der Waals surface area contributed by atoms with E-state index in [1.54, 1.807) is 36.2 Å². The molecule has 1 aromatic rings. The molecule has 3 rings (SSSR count). The minimum absolute atomic E-state index is 0.0546. The van der Waals surface area contributed by atoms with Crippen LogP contribution in [-0.4, -0.2) is 48.1 Å². The molecule has 0 aromatic heterocycles. The number of hydrogen-bond acceptors (Lipinski definition) is 3. The summed E-state index contributed by atoms with van der Waals surface area (Å²) in [4.78, 5) is 26.5. The zero-order chi connectivity index (χ0) is 17.3. The van der Waals surface area contributed by atoms with Crippen LogP contribution in [0.2, 0.25) is 0 Å². The predicted molar refractivity (Wildman–Crippen MR) is 91.7 cm³/mol. The number of carbonyl (C=O) groups excluding carboxylic acids is 2. The lowest BCUT2D eigenvalue weighted by molar-refractivity contribution is 0.0802. The summed E-state index contributed by atoms with van der Waals surface area (Å²) in [5.41, 5.74) is 1.03. The number of carbonyl (C=O) groups is 2. The van der Waals surface area contributed by atoms with Gasteiger partial charge in [-0.25, -0.2) is 0 Å². The fourth-order valence-electron chi connectivity index (χ4n) is 4.29. The second-order valence-electron chi connectivity index (χ2n) is 7.08. The molecule has 0 heterocycles. The molecule has 2 fully saturated rings. The summed E-state index contributed by atoms with van der Waals surface area (Å²) >= 11 is 0. The van der Waals surface area contributed by atoms with Crippen LogP contribution in [0.4, 0.5) is 0 Å². The molecule has 2 saturated carbocycles. The van der Waals surface area contributed by atoms with Crippen molar-refractivity contribution < 1.29 is 14.7 Å². The van der Waals surface area contributed by atoms with Gasteiger partial charge >= 0.3 is 0 Å². The number of fused-ring (bicyclic) bond motifs is 2. The van der Waals surface area contributed by atoms with E-state index in [9.17, 15) is 14.7 Å². The van der Waals surface area contributed by atoms with Crippen LogP contribution in [0.5, 0.6) is 0 Å². The Kier molecular flexibility index (Phi) is 4.90. The van der Waals surface area contributed by atoms with Crippen molar-refractivity contribution in [3.05, 3.63) is 35.4 Å². The van der Waals surface area contributed by atoms with E-state index < -0.39 is 0 Å². The van der Waals surface area contributed by atoms with Crippen LogP contribution >= 0.6 is 0 Å². The molecule has 5 nitrogen and oxygen atoms in total. The number of aliphatic hydroxyl groups excluding tert-OH is 1. The Morgan fingerprint density at radius 1 is 1.25 bits per heavy atom. The third-order valence-corrected chi connectivity index (χ3v) is 5.79. The van der Waals surface area contributed by atoms with Gasteiger partial charge in [0.1, 0.15) is 0 Å². The first kappa shape index (κ1) is 17.0. The van der Waals surface area contributed by atoms with Crippen molar-refractivity contribution in [3.8, 4) is 0 Å². The zero-order valence-corrected chi connectivity index (χ0v) is 14.4. The Hall–Kier alpha value is -1.88. The highest BCUT2D eigenvalue weighted by molar-refractivity contribution is 5.99. The van der Waals surface area contributed by atoms with Gasteiger partial charge in [0.15, 0.2) is 0 Å². The number of nitrogens with zero attached hydrogens (tertiary/aromatic N) is 1. The molecular weight excluding hydrogens is 304 g/mol. The van der Waals surface area contributed by atoms with Crippen molar-refractivity contribution in [2.75, 3.05) is 20.2 Å². The Bertz CT molecular complexity index is 631. The average Bonchev–Trinajstić information content (AvgIpc) is 3.21. The van der Waals surface area contributed by atoms with Gasteiger partial charge in [-0.15, -0.1) is 0 Å². The highest BCUT2D eigenvalue weighted by Crippen LogP contribution is 2.48. The van der Waals surface area contributed by atoms with Crippen LogP contribution in [-0.2, 0) is 0 Å². The van der Waals surface area contributed by atoms with Gasteiger partial charge in [0.25, 0.3) is 11.8 Å². The topological polar surface area (TPSA) is 69.6 Å². The van der Waals surface area contributed by atoms with Gasteiger partial charge in [-0.05, 0) is 56.2 Å². The van der Waals surface area contributed by atoms with E-state index in [4.69, 9.17) is 0 Å². The van der Waals surface area contributed by atoms with Crippen LogP contribution in [0.15, 0.2) is 24.3 Å². The van der Waals surface area contributed by atoms with Gasteiger partial charge in [-0.3, -0.25) is 9.59 Å². The van der Waals surface area contributed by atoms with Gasteiger partial charge in [0, 0.05) is 43.3 Å². The Balaban J connectivity index is 1.73. The molecule has 130 valence electrons. The molecule has 0 spiro atoms. The number of hydrogen-bond donors (Lipinski definition) is 2. The summed E-state index contributed by atoms with van der Waals surface area (Å²) in [5.74, 6) is 0.951. The lowest BCUT2D eigenvalue weighted by atomic mass is 9.85. The molecular formula is C19H26N2O3. The predicted octanol–water partition coefficient (Wildman–Crippen LogP) is 1.92. The van der Waals surface area contributed by atoms with E-state index in [1.165, 1.54) is 0 Å². The van der Waals surface area contributed by atoms with Crippen LogP contribution < -0.4 is 5.32 Å². The van der Waals surface area contributed by atoms with E-state index in [1.807, 2.05) is 6.92 Å². The zero-order valence-electron chi connectivity index (χ0n) is 14.4. The molecule has 5 heteroatoms. The van der Waals surface area contributed by atoms with Gasteiger partial charge < -0.3 is 15.3 Å². The van der Waals surface area contributed by atoms with Crippen molar-refractivity contribution in [1.29, 1.82) is 0 Å². The fourth-order valence-corrected chi connectivity index (χ4v) is 4.29.